The highest BCUT2D eigenvalue weighted by Gasteiger charge is 2.31. The van der Waals surface area contributed by atoms with Crippen LogP contribution >= 0.6 is 11.6 Å². The second-order valence-electron chi connectivity index (χ2n) is 5.76. The molecule has 0 aliphatic carbocycles. The number of anilines is 2. The molecule has 2 aromatic rings. The Balaban J connectivity index is 2.36. The summed E-state index contributed by atoms with van der Waals surface area (Å²) in [5.74, 6) is -0.599. The van der Waals surface area contributed by atoms with Gasteiger partial charge in [0.05, 0.1) is 16.9 Å². The number of benzene rings is 2. The van der Waals surface area contributed by atoms with E-state index in [-0.39, 0.29) is 17.8 Å². The fraction of sp³-hybridized carbons (Fsp3) is 0.235. The topological polar surface area (TPSA) is 110 Å². The van der Waals surface area contributed by atoms with Crippen LogP contribution in [0.3, 0.4) is 0 Å². The van der Waals surface area contributed by atoms with Crippen molar-refractivity contribution >= 4 is 44.6 Å². The summed E-state index contributed by atoms with van der Waals surface area (Å²) in [7, 11) is -3.78. The Morgan fingerprint density at radius 3 is 2.41 bits per heavy atom. The van der Waals surface area contributed by atoms with Crippen LogP contribution in [0.25, 0.3) is 0 Å². The third-order valence-electron chi connectivity index (χ3n) is 3.74. The normalized spacial score (nSPS) is 12.3. The summed E-state index contributed by atoms with van der Waals surface area (Å²) in [6.07, 6.45) is 1.20. The van der Waals surface area contributed by atoms with Gasteiger partial charge < -0.3 is 5.32 Å². The number of sulfonamides is 1. The second kappa shape index (κ2) is 8.36. The molecule has 27 heavy (non-hydrogen) atoms. The molecular formula is C17H18ClN3O5S. The highest BCUT2D eigenvalue weighted by molar-refractivity contribution is 7.92. The molecule has 0 saturated heterocycles. The number of hydrogen-bond acceptors (Lipinski definition) is 5. The lowest BCUT2D eigenvalue weighted by atomic mass is 10.1. The number of rotatable bonds is 7. The van der Waals surface area contributed by atoms with Crippen molar-refractivity contribution in [1.29, 1.82) is 0 Å². The van der Waals surface area contributed by atoms with E-state index >= 15 is 0 Å². The molecule has 0 aromatic heterocycles. The molecule has 0 aliphatic heterocycles. The van der Waals surface area contributed by atoms with E-state index in [1.165, 1.54) is 48.5 Å². The molecule has 10 heteroatoms. The highest BCUT2D eigenvalue weighted by atomic mass is 35.5. The van der Waals surface area contributed by atoms with E-state index < -0.39 is 26.9 Å². The van der Waals surface area contributed by atoms with E-state index in [2.05, 4.69) is 5.32 Å². The molecule has 2 rings (SSSR count). The van der Waals surface area contributed by atoms with E-state index in [1.54, 1.807) is 6.92 Å². The lowest BCUT2D eigenvalue weighted by Crippen LogP contribution is -2.47. The quantitative estimate of drug-likeness (QED) is 0.554. The third-order valence-corrected chi connectivity index (χ3v) is 5.17. The first-order valence-corrected chi connectivity index (χ1v) is 10.2. The number of carbonyl (C=O) groups is 1. The summed E-state index contributed by atoms with van der Waals surface area (Å²) >= 11 is 5.85. The molecule has 0 saturated carbocycles. The summed E-state index contributed by atoms with van der Waals surface area (Å²) in [6, 6.07) is 10.5. The van der Waals surface area contributed by atoms with Gasteiger partial charge in [-0.3, -0.25) is 19.2 Å². The van der Waals surface area contributed by atoms with Crippen molar-refractivity contribution in [3.63, 3.8) is 0 Å². The van der Waals surface area contributed by atoms with E-state index in [4.69, 9.17) is 11.6 Å². The summed E-state index contributed by atoms with van der Waals surface area (Å²) < 4.78 is 25.7. The van der Waals surface area contributed by atoms with Gasteiger partial charge in [0.15, 0.2) is 0 Å². The minimum atomic E-state index is -3.78. The smallest absolute Gasteiger partial charge is 0.271 e. The number of nitrogens with zero attached hydrogens (tertiary/aromatic N) is 2. The molecule has 0 heterocycles. The first-order chi connectivity index (χ1) is 12.6. The van der Waals surface area contributed by atoms with Crippen molar-refractivity contribution in [2.24, 2.45) is 0 Å². The predicted molar refractivity (Wildman–Crippen MR) is 105 cm³/mol. The average molecular weight is 412 g/mol. The maximum absolute atomic E-state index is 12.7. The monoisotopic (exact) mass is 411 g/mol. The van der Waals surface area contributed by atoms with E-state index in [9.17, 15) is 23.3 Å². The fourth-order valence-corrected chi connectivity index (χ4v) is 3.91. The molecule has 0 bridgehead atoms. The summed E-state index contributed by atoms with van der Waals surface area (Å²) in [4.78, 5) is 23.0. The van der Waals surface area contributed by atoms with Crippen LogP contribution in [0.2, 0.25) is 5.02 Å². The minimum Gasteiger partial charge on any atom is -0.324 e. The maximum Gasteiger partial charge on any atom is 0.271 e. The zero-order valence-corrected chi connectivity index (χ0v) is 16.2. The van der Waals surface area contributed by atoms with Gasteiger partial charge in [0, 0.05) is 22.8 Å². The first-order valence-electron chi connectivity index (χ1n) is 7.93. The van der Waals surface area contributed by atoms with Crippen molar-refractivity contribution in [2.75, 3.05) is 15.9 Å². The van der Waals surface area contributed by atoms with Crippen molar-refractivity contribution in [2.45, 2.75) is 19.4 Å². The lowest BCUT2D eigenvalue weighted by molar-refractivity contribution is -0.384. The number of hydrogen-bond donors (Lipinski definition) is 1. The van der Waals surface area contributed by atoms with E-state index in [0.717, 1.165) is 10.6 Å². The second-order valence-corrected chi connectivity index (χ2v) is 8.05. The van der Waals surface area contributed by atoms with Crippen molar-refractivity contribution < 1.29 is 18.1 Å². The Labute approximate surface area is 162 Å². The molecule has 1 amide bonds. The number of carbonyl (C=O) groups excluding carboxylic acids is 1. The molecule has 2 aromatic carbocycles. The summed E-state index contributed by atoms with van der Waals surface area (Å²) in [6.45, 7) is 1.67. The average Bonchev–Trinajstić information content (AvgIpc) is 2.59. The van der Waals surface area contributed by atoms with Gasteiger partial charge in [0.25, 0.3) is 5.69 Å². The Hall–Kier alpha value is -2.65. The molecular weight excluding hydrogens is 394 g/mol. The van der Waals surface area contributed by atoms with Gasteiger partial charge in [-0.1, -0.05) is 24.6 Å². The van der Waals surface area contributed by atoms with Gasteiger partial charge in [0.1, 0.15) is 6.04 Å². The van der Waals surface area contributed by atoms with Crippen molar-refractivity contribution in [1.82, 2.24) is 0 Å². The number of nitro groups is 1. The zero-order valence-electron chi connectivity index (χ0n) is 14.6. The van der Waals surface area contributed by atoms with Crippen molar-refractivity contribution in [3.05, 3.63) is 63.7 Å². The van der Waals surface area contributed by atoms with Crippen LogP contribution in [0.1, 0.15) is 13.3 Å². The van der Waals surface area contributed by atoms with Crippen LogP contribution in [0.4, 0.5) is 17.1 Å². The molecule has 1 N–H and O–H groups in total. The highest BCUT2D eigenvalue weighted by Crippen LogP contribution is 2.25. The van der Waals surface area contributed by atoms with Crippen LogP contribution in [-0.2, 0) is 14.8 Å². The number of nitrogens with one attached hydrogen (secondary N) is 1. The van der Waals surface area contributed by atoms with Crippen LogP contribution in [-0.4, -0.2) is 31.5 Å². The molecule has 0 spiro atoms. The van der Waals surface area contributed by atoms with Gasteiger partial charge in [-0.15, -0.1) is 0 Å². The molecule has 1 unspecified atom stereocenters. The predicted octanol–water partition coefficient (Wildman–Crippen LogP) is 3.43. The fourth-order valence-electron chi connectivity index (χ4n) is 2.57. The van der Waals surface area contributed by atoms with E-state index in [1.807, 2.05) is 0 Å². The molecule has 8 nitrogen and oxygen atoms in total. The van der Waals surface area contributed by atoms with Gasteiger partial charge in [-0.05, 0) is 36.8 Å². The Morgan fingerprint density at radius 1 is 1.26 bits per heavy atom. The van der Waals surface area contributed by atoms with Crippen LogP contribution < -0.4 is 9.62 Å². The Kier molecular flexibility index (Phi) is 6.40. The minimum absolute atomic E-state index is 0.182. The zero-order chi connectivity index (χ0) is 20.2. The van der Waals surface area contributed by atoms with Crippen LogP contribution in [0.5, 0.6) is 0 Å². The Bertz CT molecular complexity index is 947. The number of amides is 1. The molecule has 0 radical (unpaired) electrons. The van der Waals surface area contributed by atoms with Gasteiger partial charge in [0.2, 0.25) is 15.9 Å². The SMILES string of the molecule is CCC(C(=O)Nc1cccc([N+](=O)[O-])c1)N(c1ccc(Cl)cc1)S(C)(=O)=O. The number of nitro benzene ring substituents is 1. The summed E-state index contributed by atoms with van der Waals surface area (Å²) in [5.41, 5.74) is 0.318. The van der Waals surface area contributed by atoms with Gasteiger partial charge in [-0.2, -0.15) is 0 Å². The maximum atomic E-state index is 12.7. The summed E-state index contributed by atoms with van der Waals surface area (Å²) in [5, 5.41) is 13.9. The number of halogens is 1. The van der Waals surface area contributed by atoms with Crippen molar-refractivity contribution in [3.8, 4) is 0 Å². The molecule has 144 valence electrons. The third kappa shape index (κ3) is 5.18. The lowest BCUT2D eigenvalue weighted by Gasteiger charge is -2.30. The van der Waals surface area contributed by atoms with E-state index in [0.29, 0.717) is 10.7 Å². The Morgan fingerprint density at radius 2 is 1.89 bits per heavy atom. The first kappa shape index (κ1) is 20.7. The molecule has 1 atom stereocenters. The number of non-ortho nitro benzene ring substituents is 1. The molecule has 0 aliphatic rings. The van der Waals surface area contributed by atoms with Crippen LogP contribution in [0.15, 0.2) is 48.5 Å². The van der Waals surface area contributed by atoms with Gasteiger partial charge >= 0.3 is 0 Å². The van der Waals surface area contributed by atoms with Gasteiger partial charge in [-0.25, -0.2) is 8.42 Å². The largest absolute Gasteiger partial charge is 0.324 e. The standard InChI is InChI=1S/C17H18ClN3O5S/c1-3-16(17(22)19-13-5-4-6-15(11-13)21(23)24)20(27(2,25)26)14-9-7-12(18)8-10-14/h4-11,16H,3H2,1-2H3,(H,19,22). The van der Waals surface area contributed by atoms with Crippen LogP contribution in [0, 0.1) is 10.1 Å². The molecule has 0 fully saturated rings.